The highest BCUT2D eigenvalue weighted by atomic mass is 19.3. The van der Waals surface area contributed by atoms with Crippen LogP contribution in [0.4, 0.5) is 13.2 Å². The lowest BCUT2D eigenvalue weighted by atomic mass is 10.0. The minimum atomic E-state index is -3.51. The standard InChI is InChI=1S/C9H7F3O/c1-8(10)6-4-2-3-5-7(6)9(11,12)13-8/h2-5H,1H3. The molecular weight excluding hydrogens is 181 g/mol. The van der Waals surface area contributed by atoms with E-state index in [1.165, 1.54) is 24.3 Å². The molecule has 0 bridgehead atoms. The molecule has 1 aromatic carbocycles. The predicted octanol–water partition coefficient (Wildman–Crippen LogP) is 2.91. The average molecular weight is 188 g/mol. The molecule has 0 aliphatic carbocycles. The van der Waals surface area contributed by atoms with E-state index in [0.717, 1.165) is 6.92 Å². The second kappa shape index (κ2) is 2.26. The van der Waals surface area contributed by atoms with Crippen molar-refractivity contribution in [2.45, 2.75) is 18.9 Å². The van der Waals surface area contributed by atoms with Crippen LogP contribution in [0.5, 0.6) is 0 Å². The third kappa shape index (κ3) is 1.13. The van der Waals surface area contributed by atoms with Gasteiger partial charge in [0.25, 0.3) is 0 Å². The van der Waals surface area contributed by atoms with Crippen LogP contribution in [0.3, 0.4) is 0 Å². The molecule has 0 aromatic heterocycles. The Kier molecular flexibility index (Phi) is 1.49. The highest BCUT2D eigenvalue weighted by molar-refractivity contribution is 5.36. The fraction of sp³-hybridized carbons (Fsp3) is 0.333. The summed E-state index contributed by atoms with van der Waals surface area (Å²) in [4.78, 5) is 0. The van der Waals surface area contributed by atoms with Gasteiger partial charge in [0.1, 0.15) is 0 Å². The molecule has 2 rings (SSSR count). The van der Waals surface area contributed by atoms with Gasteiger partial charge in [-0.25, -0.2) is 4.39 Å². The van der Waals surface area contributed by atoms with Gasteiger partial charge in [0.05, 0.1) is 5.56 Å². The fourth-order valence-corrected chi connectivity index (χ4v) is 1.48. The Bertz CT molecular complexity index is 313. The van der Waals surface area contributed by atoms with Crippen LogP contribution in [-0.2, 0) is 16.7 Å². The first-order valence-corrected chi connectivity index (χ1v) is 3.80. The van der Waals surface area contributed by atoms with Crippen molar-refractivity contribution in [1.82, 2.24) is 0 Å². The number of hydrogen-bond donors (Lipinski definition) is 0. The SMILES string of the molecule is CC1(F)OC(F)(F)c2ccccc21. The van der Waals surface area contributed by atoms with E-state index in [1.54, 1.807) is 0 Å². The van der Waals surface area contributed by atoms with Crippen molar-refractivity contribution in [1.29, 1.82) is 0 Å². The molecule has 0 spiro atoms. The molecule has 1 heterocycles. The summed E-state index contributed by atoms with van der Waals surface area (Å²) >= 11 is 0. The Morgan fingerprint density at radius 2 is 1.62 bits per heavy atom. The maximum Gasteiger partial charge on any atom is 0.386 e. The second-order valence-electron chi connectivity index (χ2n) is 3.08. The third-order valence-electron chi connectivity index (χ3n) is 2.04. The lowest BCUT2D eigenvalue weighted by molar-refractivity contribution is -0.319. The van der Waals surface area contributed by atoms with Gasteiger partial charge in [-0.05, 0) is 13.0 Å². The van der Waals surface area contributed by atoms with Crippen molar-refractivity contribution in [2.75, 3.05) is 0 Å². The van der Waals surface area contributed by atoms with Gasteiger partial charge < -0.3 is 0 Å². The minimum absolute atomic E-state index is 0.0972. The van der Waals surface area contributed by atoms with E-state index >= 15 is 0 Å². The molecule has 1 unspecified atom stereocenters. The number of alkyl halides is 3. The summed E-state index contributed by atoms with van der Waals surface area (Å²) in [5.74, 6) is -2.39. The van der Waals surface area contributed by atoms with Crippen molar-refractivity contribution in [3.8, 4) is 0 Å². The number of halogens is 3. The first kappa shape index (κ1) is 8.56. The van der Waals surface area contributed by atoms with Crippen LogP contribution in [-0.4, -0.2) is 0 Å². The Morgan fingerprint density at radius 3 is 2.15 bits per heavy atom. The fourth-order valence-electron chi connectivity index (χ4n) is 1.48. The lowest BCUT2D eigenvalue weighted by Gasteiger charge is -2.14. The summed E-state index contributed by atoms with van der Waals surface area (Å²) in [5, 5.41) is 0. The molecule has 0 saturated carbocycles. The highest BCUT2D eigenvalue weighted by Gasteiger charge is 2.53. The zero-order valence-corrected chi connectivity index (χ0v) is 6.85. The van der Waals surface area contributed by atoms with Crippen LogP contribution in [0.1, 0.15) is 18.1 Å². The number of hydrogen-bond acceptors (Lipinski definition) is 1. The predicted molar refractivity (Wildman–Crippen MR) is 39.9 cm³/mol. The molecule has 0 fully saturated rings. The Labute approximate surface area is 73.1 Å². The van der Waals surface area contributed by atoms with Crippen LogP contribution in [0.2, 0.25) is 0 Å². The quantitative estimate of drug-likeness (QED) is 0.608. The zero-order chi connectivity index (χ0) is 9.69. The Hall–Kier alpha value is -1.03. The van der Waals surface area contributed by atoms with Gasteiger partial charge in [-0.3, -0.25) is 4.74 Å². The van der Waals surface area contributed by atoms with E-state index in [0.29, 0.717) is 0 Å². The van der Waals surface area contributed by atoms with E-state index in [1.807, 2.05) is 0 Å². The molecular formula is C9H7F3O. The molecule has 0 N–H and O–H groups in total. The number of ether oxygens (including phenoxy) is 1. The first-order chi connectivity index (χ1) is 5.93. The molecule has 0 amide bonds. The normalized spacial score (nSPS) is 30.2. The number of rotatable bonds is 0. The van der Waals surface area contributed by atoms with E-state index in [4.69, 9.17) is 0 Å². The molecule has 0 saturated heterocycles. The van der Waals surface area contributed by atoms with Crippen molar-refractivity contribution in [3.05, 3.63) is 35.4 Å². The van der Waals surface area contributed by atoms with Crippen LogP contribution in [0.15, 0.2) is 24.3 Å². The van der Waals surface area contributed by atoms with E-state index < -0.39 is 12.0 Å². The smallest absolute Gasteiger partial charge is 0.275 e. The van der Waals surface area contributed by atoms with Gasteiger partial charge in [-0.1, -0.05) is 18.2 Å². The number of benzene rings is 1. The van der Waals surface area contributed by atoms with Gasteiger partial charge >= 0.3 is 6.11 Å². The maximum atomic E-state index is 13.4. The van der Waals surface area contributed by atoms with Crippen LogP contribution < -0.4 is 0 Å². The van der Waals surface area contributed by atoms with E-state index in [2.05, 4.69) is 4.74 Å². The zero-order valence-electron chi connectivity index (χ0n) is 6.85. The lowest BCUT2D eigenvalue weighted by Crippen LogP contribution is -2.18. The van der Waals surface area contributed by atoms with Gasteiger partial charge in [0, 0.05) is 5.56 Å². The monoisotopic (exact) mass is 188 g/mol. The summed E-state index contributed by atoms with van der Waals surface area (Å²) in [7, 11) is 0. The molecule has 1 nitrogen and oxygen atoms in total. The third-order valence-corrected chi connectivity index (χ3v) is 2.04. The topological polar surface area (TPSA) is 9.23 Å². The molecule has 0 radical (unpaired) electrons. The van der Waals surface area contributed by atoms with Crippen molar-refractivity contribution in [2.24, 2.45) is 0 Å². The van der Waals surface area contributed by atoms with Crippen LogP contribution in [0.25, 0.3) is 0 Å². The Balaban J connectivity index is 2.64. The summed E-state index contributed by atoms with van der Waals surface area (Å²) in [6.45, 7) is 0.979. The second-order valence-corrected chi connectivity index (χ2v) is 3.08. The molecule has 70 valence electrons. The highest BCUT2D eigenvalue weighted by Crippen LogP contribution is 2.49. The summed E-state index contributed by atoms with van der Waals surface area (Å²) < 4.78 is 43.3. The van der Waals surface area contributed by atoms with Crippen molar-refractivity contribution < 1.29 is 17.9 Å². The molecule has 1 aromatic rings. The number of fused-ring (bicyclic) bond motifs is 1. The molecule has 1 aliphatic heterocycles. The van der Waals surface area contributed by atoms with Crippen molar-refractivity contribution in [3.63, 3.8) is 0 Å². The molecule has 1 atom stereocenters. The summed E-state index contributed by atoms with van der Waals surface area (Å²) in [5.41, 5.74) is -0.486. The Morgan fingerprint density at radius 1 is 1.08 bits per heavy atom. The summed E-state index contributed by atoms with van der Waals surface area (Å²) in [6.07, 6.45) is -3.51. The largest absolute Gasteiger partial charge is 0.386 e. The summed E-state index contributed by atoms with van der Waals surface area (Å²) in [6, 6.07) is 5.40. The van der Waals surface area contributed by atoms with Crippen LogP contribution >= 0.6 is 0 Å². The van der Waals surface area contributed by atoms with Gasteiger partial charge in [0.2, 0.25) is 5.85 Å². The van der Waals surface area contributed by atoms with E-state index in [9.17, 15) is 13.2 Å². The van der Waals surface area contributed by atoms with Gasteiger partial charge in [-0.15, -0.1) is 0 Å². The molecule has 1 aliphatic rings. The van der Waals surface area contributed by atoms with Gasteiger partial charge in [-0.2, -0.15) is 8.78 Å². The van der Waals surface area contributed by atoms with Gasteiger partial charge in [0.15, 0.2) is 0 Å². The maximum absolute atomic E-state index is 13.4. The molecule has 4 heteroatoms. The molecule has 13 heavy (non-hydrogen) atoms. The first-order valence-electron chi connectivity index (χ1n) is 3.80. The van der Waals surface area contributed by atoms with E-state index in [-0.39, 0.29) is 11.1 Å². The minimum Gasteiger partial charge on any atom is -0.275 e. The van der Waals surface area contributed by atoms with Crippen LogP contribution in [0, 0.1) is 0 Å². The van der Waals surface area contributed by atoms with Crippen molar-refractivity contribution >= 4 is 0 Å². The average Bonchev–Trinajstić information content (AvgIpc) is 2.20.